The Morgan fingerprint density at radius 1 is 1.19 bits per heavy atom. The summed E-state index contributed by atoms with van der Waals surface area (Å²) in [5.74, 6) is 0. The van der Waals surface area contributed by atoms with E-state index in [0.717, 1.165) is 16.5 Å². The standard InChI is InChI=1S/C14H19N3O3S/c1-3-15-21(19,20)16-7-6-12-9-11-5-4-10(2)8-13(11)17-14(12)18/h4-5,8-9,15-16H,3,6-7H2,1-2H3,(H,17,18). The summed E-state index contributed by atoms with van der Waals surface area (Å²) < 4.78 is 27.6. The average molecular weight is 309 g/mol. The Kier molecular flexibility index (Phi) is 4.76. The zero-order valence-corrected chi connectivity index (χ0v) is 12.9. The van der Waals surface area contributed by atoms with Crippen LogP contribution in [0, 0.1) is 6.92 Å². The Morgan fingerprint density at radius 2 is 1.95 bits per heavy atom. The van der Waals surface area contributed by atoms with Crippen molar-refractivity contribution >= 4 is 21.1 Å². The van der Waals surface area contributed by atoms with E-state index in [-0.39, 0.29) is 12.1 Å². The molecule has 3 N–H and O–H groups in total. The van der Waals surface area contributed by atoms with Gasteiger partial charge in [-0.25, -0.2) is 9.44 Å². The highest BCUT2D eigenvalue weighted by atomic mass is 32.2. The molecule has 1 aromatic carbocycles. The third kappa shape index (κ3) is 4.13. The topological polar surface area (TPSA) is 91.1 Å². The highest BCUT2D eigenvalue weighted by Gasteiger charge is 2.08. The molecule has 0 aliphatic heterocycles. The average Bonchev–Trinajstić information content (AvgIpc) is 2.39. The number of nitrogens with one attached hydrogen (secondary N) is 3. The first-order valence-electron chi connectivity index (χ1n) is 6.78. The minimum absolute atomic E-state index is 0.176. The van der Waals surface area contributed by atoms with Crippen molar-refractivity contribution in [2.24, 2.45) is 0 Å². The smallest absolute Gasteiger partial charge is 0.276 e. The maximum absolute atomic E-state index is 12.0. The minimum atomic E-state index is -3.48. The number of hydrogen-bond acceptors (Lipinski definition) is 3. The summed E-state index contributed by atoms with van der Waals surface area (Å²) in [6.45, 7) is 4.16. The van der Waals surface area contributed by atoms with Crippen LogP contribution in [0.4, 0.5) is 0 Å². The molecule has 114 valence electrons. The molecule has 0 aliphatic carbocycles. The van der Waals surface area contributed by atoms with Gasteiger partial charge in [-0.2, -0.15) is 8.42 Å². The van der Waals surface area contributed by atoms with E-state index in [9.17, 15) is 13.2 Å². The van der Waals surface area contributed by atoms with Crippen LogP contribution in [0.15, 0.2) is 29.1 Å². The fourth-order valence-electron chi connectivity index (χ4n) is 2.11. The monoisotopic (exact) mass is 309 g/mol. The number of hydrogen-bond donors (Lipinski definition) is 3. The summed E-state index contributed by atoms with van der Waals surface area (Å²) >= 11 is 0. The zero-order chi connectivity index (χ0) is 15.5. The summed E-state index contributed by atoms with van der Waals surface area (Å²) in [7, 11) is -3.48. The van der Waals surface area contributed by atoms with Gasteiger partial charge in [0.15, 0.2) is 0 Å². The van der Waals surface area contributed by atoms with Crippen LogP contribution in [-0.2, 0) is 16.6 Å². The second-order valence-corrected chi connectivity index (χ2v) is 6.44. The van der Waals surface area contributed by atoms with Crippen molar-refractivity contribution in [1.82, 2.24) is 14.4 Å². The molecule has 0 fully saturated rings. The molecule has 7 heteroatoms. The molecule has 0 saturated carbocycles. The van der Waals surface area contributed by atoms with Crippen LogP contribution in [0.1, 0.15) is 18.1 Å². The molecule has 6 nitrogen and oxygen atoms in total. The predicted molar refractivity (Wildman–Crippen MR) is 83.6 cm³/mol. The largest absolute Gasteiger partial charge is 0.322 e. The molecule has 2 rings (SSSR count). The van der Waals surface area contributed by atoms with E-state index in [4.69, 9.17) is 0 Å². The van der Waals surface area contributed by atoms with Gasteiger partial charge in [-0.3, -0.25) is 4.79 Å². The third-order valence-electron chi connectivity index (χ3n) is 3.10. The number of benzene rings is 1. The Morgan fingerprint density at radius 3 is 2.67 bits per heavy atom. The molecule has 0 radical (unpaired) electrons. The molecule has 21 heavy (non-hydrogen) atoms. The molecule has 2 aromatic rings. The van der Waals surface area contributed by atoms with Crippen molar-refractivity contribution < 1.29 is 8.42 Å². The Labute approximate surface area is 123 Å². The van der Waals surface area contributed by atoms with E-state index in [1.807, 2.05) is 25.1 Å². The lowest BCUT2D eigenvalue weighted by Gasteiger charge is -2.07. The second kappa shape index (κ2) is 6.38. The molecule has 0 atom stereocenters. The van der Waals surface area contributed by atoms with E-state index >= 15 is 0 Å². The molecule has 0 amide bonds. The summed E-state index contributed by atoms with van der Waals surface area (Å²) in [5.41, 5.74) is 2.24. The first-order chi connectivity index (χ1) is 9.91. The summed E-state index contributed by atoms with van der Waals surface area (Å²) in [4.78, 5) is 14.8. The fourth-order valence-corrected chi connectivity index (χ4v) is 2.96. The van der Waals surface area contributed by atoms with E-state index in [2.05, 4.69) is 14.4 Å². The van der Waals surface area contributed by atoms with Gasteiger partial charge >= 0.3 is 0 Å². The van der Waals surface area contributed by atoms with Gasteiger partial charge in [-0.1, -0.05) is 19.1 Å². The fraction of sp³-hybridized carbons (Fsp3) is 0.357. The van der Waals surface area contributed by atoms with Gasteiger partial charge in [-0.05, 0) is 36.4 Å². The van der Waals surface area contributed by atoms with Crippen molar-refractivity contribution in [1.29, 1.82) is 0 Å². The molecular weight excluding hydrogens is 290 g/mol. The van der Waals surface area contributed by atoms with Crippen molar-refractivity contribution in [3.8, 4) is 0 Å². The van der Waals surface area contributed by atoms with E-state index < -0.39 is 10.2 Å². The van der Waals surface area contributed by atoms with Gasteiger partial charge in [-0.15, -0.1) is 0 Å². The van der Waals surface area contributed by atoms with Gasteiger partial charge in [0, 0.05) is 24.2 Å². The van der Waals surface area contributed by atoms with Gasteiger partial charge in [0.05, 0.1) is 0 Å². The van der Waals surface area contributed by atoms with E-state index in [0.29, 0.717) is 18.5 Å². The highest BCUT2D eigenvalue weighted by molar-refractivity contribution is 7.87. The van der Waals surface area contributed by atoms with Gasteiger partial charge < -0.3 is 4.98 Å². The molecule has 0 saturated heterocycles. The Balaban J connectivity index is 2.14. The molecule has 0 unspecified atom stereocenters. The first-order valence-corrected chi connectivity index (χ1v) is 8.26. The van der Waals surface area contributed by atoms with Crippen LogP contribution in [-0.4, -0.2) is 26.5 Å². The highest BCUT2D eigenvalue weighted by Crippen LogP contribution is 2.13. The first kappa shape index (κ1) is 15.7. The second-order valence-electron chi connectivity index (χ2n) is 4.86. The van der Waals surface area contributed by atoms with Crippen LogP contribution >= 0.6 is 0 Å². The SMILES string of the molecule is CCNS(=O)(=O)NCCc1cc2ccc(C)cc2[nH]c1=O. The van der Waals surface area contributed by atoms with Crippen molar-refractivity contribution in [3.63, 3.8) is 0 Å². The van der Waals surface area contributed by atoms with Crippen LogP contribution in [0.5, 0.6) is 0 Å². The lowest BCUT2D eigenvalue weighted by atomic mass is 10.1. The number of fused-ring (bicyclic) bond motifs is 1. The third-order valence-corrected chi connectivity index (χ3v) is 4.35. The minimum Gasteiger partial charge on any atom is -0.322 e. The molecule has 0 aliphatic rings. The van der Waals surface area contributed by atoms with Crippen LogP contribution in [0.3, 0.4) is 0 Å². The van der Waals surface area contributed by atoms with Gasteiger partial charge in [0.25, 0.3) is 15.8 Å². The quantitative estimate of drug-likeness (QED) is 0.738. The van der Waals surface area contributed by atoms with Crippen LogP contribution < -0.4 is 15.0 Å². The van der Waals surface area contributed by atoms with E-state index in [1.165, 1.54) is 0 Å². The summed E-state index contributed by atoms with van der Waals surface area (Å²) in [6.07, 6.45) is 0.337. The number of aryl methyl sites for hydroxylation is 1. The Bertz CT molecular complexity index is 797. The van der Waals surface area contributed by atoms with Crippen molar-refractivity contribution in [2.75, 3.05) is 13.1 Å². The zero-order valence-electron chi connectivity index (χ0n) is 12.1. The number of rotatable bonds is 6. The number of pyridine rings is 1. The van der Waals surface area contributed by atoms with Crippen LogP contribution in [0.2, 0.25) is 0 Å². The Hall–Kier alpha value is -1.70. The summed E-state index contributed by atoms with van der Waals surface area (Å²) in [5, 5.41) is 0.935. The maximum Gasteiger partial charge on any atom is 0.276 e. The van der Waals surface area contributed by atoms with Gasteiger partial charge in [0.1, 0.15) is 0 Å². The van der Waals surface area contributed by atoms with E-state index in [1.54, 1.807) is 13.0 Å². The number of aromatic nitrogens is 1. The molecule has 0 spiro atoms. The number of aromatic amines is 1. The molecular formula is C14H19N3O3S. The van der Waals surface area contributed by atoms with Crippen molar-refractivity contribution in [3.05, 3.63) is 45.7 Å². The van der Waals surface area contributed by atoms with Crippen LogP contribution in [0.25, 0.3) is 10.9 Å². The lowest BCUT2D eigenvalue weighted by Crippen LogP contribution is -2.37. The molecule has 0 bridgehead atoms. The van der Waals surface area contributed by atoms with Gasteiger partial charge in [0.2, 0.25) is 0 Å². The maximum atomic E-state index is 12.0. The lowest BCUT2D eigenvalue weighted by molar-refractivity contribution is 0.568. The molecule has 1 aromatic heterocycles. The molecule has 1 heterocycles. The summed E-state index contributed by atoms with van der Waals surface area (Å²) in [6, 6.07) is 7.62. The van der Waals surface area contributed by atoms with Crippen molar-refractivity contribution in [2.45, 2.75) is 20.3 Å². The predicted octanol–water partition coefficient (Wildman–Crippen LogP) is 0.823. The normalized spacial score (nSPS) is 11.9. The number of H-pyrrole nitrogens is 1.